The van der Waals surface area contributed by atoms with E-state index in [1.165, 1.54) is 5.57 Å². The molecule has 0 N–H and O–H groups in total. The Morgan fingerprint density at radius 2 is 1.96 bits per heavy atom. The predicted octanol–water partition coefficient (Wildman–Crippen LogP) is 3.32. The smallest absolute Gasteiger partial charge is 0.334 e. The van der Waals surface area contributed by atoms with E-state index in [0.29, 0.717) is 18.3 Å². The Morgan fingerprint density at radius 1 is 1.22 bits per heavy atom. The van der Waals surface area contributed by atoms with Crippen LogP contribution in [0.2, 0.25) is 0 Å². The molecule has 4 heteroatoms. The highest BCUT2D eigenvalue weighted by molar-refractivity contribution is 5.92. The highest BCUT2D eigenvalue weighted by Crippen LogP contribution is 2.60. The van der Waals surface area contributed by atoms with E-state index >= 15 is 0 Å². The van der Waals surface area contributed by atoms with Gasteiger partial charge in [-0.15, -0.1) is 0 Å². The minimum atomic E-state index is -0.423. The fraction of sp³-hybridized carbons (Fsp3) is 0.684. The Bertz CT molecular complexity index is 669. The number of cyclic esters (lactones) is 1. The number of ether oxygens (including phenoxy) is 2. The summed E-state index contributed by atoms with van der Waals surface area (Å²) in [6, 6.07) is 0. The predicted molar refractivity (Wildman–Crippen MR) is 84.4 cm³/mol. The van der Waals surface area contributed by atoms with Gasteiger partial charge in [-0.3, -0.25) is 4.79 Å². The average Bonchev–Trinajstić information content (AvgIpc) is 2.70. The van der Waals surface area contributed by atoms with Gasteiger partial charge < -0.3 is 9.47 Å². The maximum atomic E-state index is 12.2. The number of fused-ring (bicyclic) bond motifs is 4. The lowest BCUT2D eigenvalue weighted by molar-refractivity contribution is -0.197. The van der Waals surface area contributed by atoms with Crippen molar-refractivity contribution in [1.29, 1.82) is 0 Å². The summed E-state index contributed by atoms with van der Waals surface area (Å²) in [7, 11) is 0. The topological polar surface area (TPSA) is 52.6 Å². The molecule has 2 aliphatic heterocycles. The molecule has 0 aromatic heterocycles. The van der Waals surface area contributed by atoms with E-state index in [1.54, 1.807) is 0 Å². The van der Waals surface area contributed by atoms with Gasteiger partial charge in [0.25, 0.3) is 0 Å². The lowest BCUT2D eigenvalue weighted by Gasteiger charge is -2.57. The molecule has 1 saturated heterocycles. The molecule has 0 unspecified atom stereocenters. The number of allylic oxidation sites excluding steroid dienone is 1. The zero-order valence-corrected chi connectivity index (χ0v) is 14.3. The highest BCUT2D eigenvalue weighted by atomic mass is 16.6. The van der Waals surface area contributed by atoms with Gasteiger partial charge >= 0.3 is 11.9 Å². The molecule has 0 aromatic rings. The minimum absolute atomic E-state index is 0.101. The average molecular weight is 316 g/mol. The molecule has 0 bridgehead atoms. The van der Waals surface area contributed by atoms with E-state index in [4.69, 9.17) is 9.47 Å². The first kappa shape index (κ1) is 15.0. The van der Waals surface area contributed by atoms with Gasteiger partial charge in [-0.2, -0.15) is 0 Å². The number of rotatable bonds is 0. The Balaban J connectivity index is 1.76. The molecule has 0 radical (unpaired) electrons. The number of carbonyl (C=O) groups is 2. The normalized spacial score (nSPS) is 41.4. The summed E-state index contributed by atoms with van der Waals surface area (Å²) < 4.78 is 11.2. The van der Waals surface area contributed by atoms with Gasteiger partial charge in [0, 0.05) is 17.1 Å². The van der Waals surface area contributed by atoms with Crippen molar-refractivity contribution in [2.45, 2.75) is 65.1 Å². The van der Waals surface area contributed by atoms with Crippen molar-refractivity contribution in [2.24, 2.45) is 17.3 Å². The van der Waals surface area contributed by atoms with E-state index in [2.05, 4.69) is 13.0 Å². The zero-order chi connectivity index (χ0) is 16.6. The standard InChI is InChI=1S/C19H24O4/c1-10-12-7-11-5-6-15-18(2,3)23-16(20)9-19(15,4)13(11)8-14(12)22-17(10)21/h7,13-15H,5-6,8-9H2,1-4H3/t13-,14-,15-,19+/m1/s1. The third-order valence-electron chi connectivity index (χ3n) is 6.63. The van der Waals surface area contributed by atoms with Crippen LogP contribution in [0.15, 0.2) is 22.8 Å². The second-order valence-electron chi connectivity index (χ2n) is 8.33. The summed E-state index contributed by atoms with van der Waals surface area (Å²) in [5.41, 5.74) is 2.65. The SMILES string of the molecule is CC1=C2C=C3CC[C@@H]4C(C)(C)OC(=O)C[C@@]4(C)[C@@H]3C[C@H]2OC1=O. The Hall–Kier alpha value is -1.58. The Labute approximate surface area is 136 Å². The van der Waals surface area contributed by atoms with Crippen LogP contribution in [-0.4, -0.2) is 23.6 Å². The first-order chi connectivity index (χ1) is 10.7. The van der Waals surface area contributed by atoms with Crippen LogP contribution in [0, 0.1) is 17.3 Å². The molecule has 0 aromatic carbocycles. The molecule has 4 rings (SSSR count). The Morgan fingerprint density at radius 3 is 2.70 bits per heavy atom. The van der Waals surface area contributed by atoms with Gasteiger partial charge in [0.15, 0.2) is 0 Å². The van der Waals surface area contributed by atoms with Crippen molar-refractivity contribution in [1.82, 2.24) is 0 Å². The van der Waals surface area contributed by atoms with Crippen LogP contribution >= 0.6 is 0 Å². The van der Waals surface area contributed by atoms with Crippen LogP contribution in [0.3, 0.4) is 0 Å². The maximum absolute atomic E-state index is 12.2. The molecule has 23 heavy (non-hydrogen) atoms. The molecule has 4 aliphatic rings. The van der Waals surface area contributed by atoms with Crippen molar-refractivity contribution >= 4 is 11.9 Å². The molecule has 4 atom stereocenters. The summed E-state index contributed by atoms with van der Waals surface area (Å²) in [4.78, 5) is 24.1. The molecular formula is C19H24O4. The number of hydrogen-bond donors (Lipinski definition) is 0. The van der Waals surface area contributed by atoms with Crippen molar-refractivity contribution in [3.63, 3.8) is 0 Å². The molecule has 124 valence electrons. The van der Waals surface area contributed by atoms with E-state index in [9.17, 15) is 9.59 Å². The molecule has 4 nitrogen and oxygen atoms in total. The van der Waals surface area contributed by atoms with Gasteiger partial charge in [-0.05, 0) is 51.4 Å². The molecule has 2 fully saturated rings. The van der Waals surface area contributed by atoms with Gasteiger partial charge in [-0.1, -0.05) is 18.6 Å². The second kappa shape index (κ2) is 4.49. The van der Waals surface area contributed by atoms with Crippen LogP contribution in [0.25, 0.3) is 0 Å². The largest absolute Gasteiger partial charge is 0.459 e. The maximum Gasteiger partial charge on any atom is 0.334 e. The third-order valence-corrected chi connectivity index (χ3v) is 6.63. The lowest BCUT2D eigenvalue weighted by Crippen LogP contribution is -2.57. The van der Waals surface area contributed by atoms with Crippen LogP contribution in [0.1, 0.15) is 53.4 Å². The van der Waals surface area contributed by atoms with Gasteiger partial charge in [-0.25, -0.2) is 4.79 Å². The number of esters is 2. The zero-order valence-electron chi connectivity index (χ0n) is 14.3. The quantitative estimate of drug-likeness (QED) is 0.643. The number of hydrogen-bond acceptors (Lipinski definition) is 4. The van der Waals surface area contributed by atoms with Crippen molar-refractivity contribution in [3.05, 3.63) is 22.8 Å². The van der Waals surface area contributed by atoms with Gasteiger partial charge in [0.05, 0.1) is 6.42 Å². The van der Waals surface area contributed by atoms with Crippen LogP contribution in [0.4, 0.5) is 0 Å². The summed E-state index contributed by atoms with van der Waals surface area (Å²) in [5, 5.41) is 0. The summed E-state index contributed by atoms with van der Waals surface area (Å²) in [5.74, 6) is 0.348. The fourth-order valence-corrected chi connectivity index (χ4v) is 5.60. The Kier molecular flexibility index (Phi) is 2.92. The summed E-state index contributed by atoms with van der Waals surface area (Å²) in [6.07, 6.45) is 5.37. The molecule has 0 spiro atoms. The molecule has 0 amide bonds. The summed E-state index contributed by atoms with van der Waals surface area (Å²) >= 11 is 0. The van der Waals surface area contributed by atoms with E-state index in [0.717, 1.165) is 30.4 Å². The first-order valence-electron chi connectivity index (χ1n) is 8.56. The number of carbonyl (C=O) groups excluding carboxylic acids is 2. The van der Waals surface area contributed by atoms with Crippen LogP contribution < -0.4 is 0 Å². The third kappa shape index (κ3) is 1.96. The van der Waals surface area contributed by atoms with E-state index in [-0.39, 0.29) is 23.5 Å². The highest BCUT2D eigenvalue weighted by Gasteiger charge is 2.58. The minimum Gasteiger partial charge on any atom is -0.459 e. The van der Waals surface area contributed by atoms with Crippen molar-refractivity contribution < 1.29 is 19.1 Å². The lowest BCUT2D eigenvalue weighted by atomic mass is 9.51. The monoisotopic (exact) mass is 316 g/mol. The molecule has 2 heterocycles. The van der Waals surface area contributed by atoms with Gasteiger partial charge in [0.1, 0.15) is 11.7 Å². The first-order valence-corrected chi connectivity index (χ1v) is 8.56. The summed E-state index contributed by atoms with van der Waals surface area (Å²) in [6.45, 7) is 8.16. The fourth-order valence-electron chi connectivity index (χ4n) is 5.60. The molecular weight excluding hydrogens is 292 g/mol. The van der Waals surface area contributed by atoms with Crippen molar-refractivity contribution in [3.8, 4) is 0 Å². The van der Waals surface area contributed by atoms with E-state index < -0.39 is 5.60 Å². The van der Waals surface area contributed by atoms with E-state index in [1.807, 2.05) is 20.8 Å². The van der Waals surface area contributed by atoms with Gasteiger partial charge in [0.2, 0.25) is 0 Å². The van der Waals surface area contributed by atoms with Crippen LogP contribution in [0.5, 0.6) is 0 Å². The molecule has 1 saturated carbocycles. The van der Waals surface area contributed by atoms with Crippen molar-refractivity contribution in [2.75, 3.05) is 0 Å². The van der Waals surface area contributed by atoms with Crippen LogP contribution in [-0.2, 0) is 19.1 Å². The molecule has 2 aliphatic carbocycles. The second-order valence-corrected chi connectivity index (χ2v) is 8.33.